The van der Waals surface area contributed by atoms with Gasteiger partial charge in [0.15, 0.2) is 0 Å². The molecule has 0 saturated heterocycles. The fraction of sp³-hybridized carbons (Fsp3) is 0.480. The Morgan fingerprint density at radius 2 is 2.00 bits per heavy atom. The highest BCUT2D eigenvalue weighted by Crippen LogP contribution is 2.31. The van der Waals surface area contributed by atoms with E-state index in [2.05, 4.69) is 10.3 Å². The summed E-state index contributed by atoms with van der Waals surface area (Å²) in [5.41, 5.74) is 1.45. The molecule has 1 amide bonds. The summed E-state index contributed by atoms with van der Waals surface area (Å²) in [6.07, 6.45) is -0.624. The summed E-state index contributed by atoms with van der Waals surface area (Å²) in [5.74, 6) is -0.777. The lowest BCUT2D eigenvalue weighted by Crippen LogP contribution is -2.40. The standard InChI is InChI=1S/C25H30F3N3O4/c26-25(27,28)17-31-16-20-15-21(35-13-5-12-30-22-7-3-4-11-29-22)10-9-18(20)14-19(24(31)34)6-1-2-8-23(32)33/h3-4,7,9-11,15,19H,1-2,5-6,8,12-14,16-17H2,(H,29,30)(H,32,33). The molecule has 1 atom stereocenters. The molecule has 1 unspecified atom stereocenters. The molecule has 0 spiro atoms. The van der Waals surface area contributed by atoms with Gasteiger partial charge in [-0.15, -0.1) is 0 Å². The highest BCUT2D eigenvalue weighted by molar-refractivity contribution is 5.80. The van der Waals surface area contributed by atoms with Crippen molar-refractivity contribution in [1.82, 2.24) is 9.88 Å². The number of aromatic nitrogens is 1. The highest BCUT2D eigenvalue weighted by Gasteiger charge is 2.37. The Morgan fingerprint density at radius 3 is 2.71 bits per heavy atom. The van der Waals surface area contributed by atoms with Gasteiger partial charge in [0.25, 0.3) is 0 Å². The average Bonchev–Trinajstić information content (AvgIpc) is 2.92. The minimum Gasteiger partial charge on any atom is -0.494 e. The molecule has 2 aromatic rings. The maximum atomic E-state index is 13.2. The van der Waals surface area contributed by atoms with Crippen molar-refractivity contribution < 1.29 is 32.6 Å². The Labute approximate surface area is 202 Å². The Morgan fingerprint density at radius 1 is 1.17 bits per heavy atom. The number of carboxylic acids is 1. The molecule has 1 aromatic heterocycles. The quantitative estimate of drug-likeness (QED) is 0.418. The molecule has 190 valence electrons. The van der Waals surface area contributed by atoms with E-state index in [-0.39, 0.29) is 13.0 Å². The number of anilines is 1. The van der Waals surface area contributed by atoms with Gasteiger partial charge in [-0.25, -0.2) is 4.98 Å². The number of ether oxygens (including phenoxy) is 1. The lowest BCUT2D eigenvalue weighted by molar-refractivity contribution is -0.164. The molecule has 2 N–H and O–H groups in total. The molecular formula is C25H30F3N3O4. The van der Waals surface area contributed by atoms with Crippen LogP contribution in [0, 0.1) is 5.92 Å². The second-order valence-electron chi connectivity index (χ2n) is 8.62. The van der Waals surface area contributed by atoms with Crippen molar-refractivity contribution in [1.29, 1.82) is 0 Å². The first-order valence-corrected chi connectivity index (χ1v) is 11.7. The van der Waals surface area contributed by atoms with Gasteiger partial charge in [0, 0.05) is 31.6 Å². The number of nitrogens with zero attached hydrogens (tertiary/aromatic N) is 2. The van der Waals surface area contributed by atoms with E-state index in [4.69, 9.17) is 9.84 Å². The number of unbranched alkanes of at least 4 members (excludes halogenated alkanes) is 1. The Hall–Kier alpha value is -3.30. The van der Waals surface area contributed by atoms with Gasteiger partial charge in [0.2, 0.25) is 5.91 Å². The number of hydrogen-bond donors (Lipinski definition) is 2. The third-order valence-electron chi connectivity index (χ3n) is 5.79. The molecule has 0 aliphatic carbocycles. The zero-order valence-corrected chi connectivity index (χ0v) is 19.4. The molecular weight excluding hydrogens is 463 g/mol. The lowest BCUT2D eigenvalue weighted by Gasteiger charge is -2.25. The van der Waals surface area contributed by atoms with Crippen molar-refractivity contribution in [2.24, 2.45) is 5.92 Å². The van der Waals surface area contributed by atoms with Gasteiger partial charge in [0.05, 0.1) is 6.61 Å². The van der Waals surface area contributed by atoms with E-state index in [0.717, 1.165) is 16.3 Å². The highest BCUT2D eigenvalue weighted by atomic mass is 19.4. The van der Waals surface area contributed by atoms with Crippen LogP contribution in [0.25, 0.3) is 0 Å². The number of carbonyl (C=O) groups is 2. The lowest BCUT2D eigenvalue weighted by atomic mass is 9.92. The molecule has 0 saturated carbocycles. The Bertz CT molecular complexity index is 986. The normalized spacial score (nSPS) is 15.9. The molecule has 35 heavy (non-hydrogen) atoms. The molecule has 1 aliphatic heterocycles. The predicted molar refractivity (Wildman–Crippen MR) is 124 cm³/mol. The maximum Gasteiger partial charge on any atom is 0.406 e. The minimum atomic E-state index is -4.51. The van der Waals surface area contributed by atoms with Crippen molar-refractivity contribution in [2.45, 2.75) is 51.2 Å². The molecule has 0 fully saturated rings. The van der Waals surface area contributed by atoms with Crippen LogP contribution in [0.3, 0.4) is 0 Å². The zero-order valence-electron chi connectivity index (χ0n) is 19.4. The molecule has 2 heterocycles. The second kappa shape index (κ2) is 12.4. The predicted octanol–water partition coefficient (Wildman–Crippen LogP) is 4.67. The fourth-order valence-electron chi connectivity index (χ4n) is 4.12. The average molecular weight is 494 g/mol. The summed E-state index contributed by atoms with van der Waals surface area (Å²) < 4.78 is 45.4. The van der Waals surface area contributed by atoms with Gasteiger partial charge >= 0.3 is 12.1 Å². The number of pyridine rings is 1. The van der Waals surface area contributed by atoms with Crippen LogP contribution in [-0.4, -0.2) is 52.7 Å². The molecule has 1 aliphatic rings. The van der Waals surface area contributed by atoms with Crippen LogP contribution in [0.2, 0.25) is 0 Å². The van der Waals surface area contributed by atoms with Crippen molar-refractivity contribution in [3.8, 4) is 5.75 Å². The molecule has 7 nitrogen and oxygen atoms in total. The molecule has 1 aromatic carbocycles. The first-order chi connectivity index (χ1) is 16.7. The molecule has 0 radical (unpaired) electrons. The smallest absolute Gasteiger partial charge is 0.406 e. The third kappa shape index (κ3) is 8.77. The zero-order chi connectivity index (χ0) is 25.3. The Kier molecular flexibility index (Phi) is 9.33. The SMILES string of the molecule is O=C(O)CCCCC1Cc2ccc(OCCCNc3ccccn3)cc2CN(CC(F)(F)F)C1=O. The van der Waals surface area contributed by atoms with Crippen LogP contribution in [0.4, 0.5) is 19.0 Å². The number of nitrogens with one attached hydrogen (secondary N) is 1. The summed E-state index contributed by atoms with van der Waals surface area (Å²) in [6.45, 7) is -0.395. The van der Waals surface area contributed by atoms with E-state index in [9.17, 15) is 22.8 Å². The summed E-state index contributed by atoms with van der Waals surface area (Å²) in [7, 11) is 0. The molecule has 10 heteroatoms. The van der Waals surface area contributed by atoms with E-state index in [1.807, 2.05) is 24.3 Å². The van der Waals surface area contributed by atoms with E-state index >= 15 is 0 Å². The number of amides is 1. The minimum absolute atomic E-state index is 0.0259. The van der Waals surface area contributed by atoms with Crippen LogP contribution < -0.4 is 10.1 Å². The van der Waals surface area contributed by atoms with Gasteiger partial charge in [-0.1, -0.05) is 18.6 Å². The topological polar surface area (TPSA) is 91.8 Å². The number of aliphatic carboxylic acids is 1. The van der Waals surface area contributed by atoms with Crippen LogP contribution >= 0.6 is 0 Å². The van der Waals surface area contributed by atoms with Gasteiger partial charge < -0.3 is 20.1 Å². The number of hydrogen-bond acceptors (Lipinski definition) is 5. The number of fused-ring (bicyclic) bond motifs is 1. The number of carboxylic acid groups (broad SMARTS) is 1. The van der Waals surface area contributed by atoms with Crippen molar-refractivity contribution in [3.05, 3.63) is 53.7 Å². The van der Waals surface area contributed by atoms with Gasteiger partial charge in [-0.2, -0.15) is 13.2 Å². The van der Waals surface area contributed by atoms with E-state index in [0.29, 0.717) is 56.6 Å². The number of rotatable bonds is 12. The van der Waals surface area contributed by atoms with Gasteiger partial charge in [0.1, 0.15) is 18.1 Å². The first kappa shape index (κ1) is 26.3. The van der Waals surface area contributed by atoms with Crippen molar-refractivity contribution in [2.75, 3.05) is 25.0 Å². The maximum absolute atomic E-state index is 13.2. The Balaban J connectivity index is 1.62. The van der Waals surface area contributed by atoms with Gasteiger partial charge in [-0.3, -0.25) is 9.59 Å². The van der Waals surface area contributed by atoms with Crippen molar-refractivity contribution in [3.63, 3.8) is 0 Å². The first-order valence-electron chi connectivity index (χ1n) is 11.7. The number of halogens is 3. The molecule has 3 rings (SSSR count). The van der Waals surface area contributed by atoms with Crippen LogP contribution in [0.15, 0.2) is 42.6 Å². The summed E-state index contributed by atoms with van der Waals surface area (Å²) in [4.78, 5) is 28.7. The second-order valence-corrected chi connectivity index (χ2v) is 8.62. The fourth-order valence-corrected chi connectivity index (χ4v) is 4.12. The van der Waals surface area contributed by atoms with E-state index in [1.165, 1.54) is 0 Å². The van der Waals surface area contributed by atoms with Crippen LogP contribution in [0.1, 0.15) is 43.2 Å². The molecule has 0 bridgehead atoms. The number of carbonyl (C=O) groups excluding carboxylic acids is 1. The summed E-state index contributed by atoms with van der Waals surface area (Å²) in [5, 5.41) is 12.0. The third-order valence-corrected chi connectivity index (χ3v) is 5.79. The van der Waals surface area contributed by atoms with Gasteiger partial charge in [-0.05, 0) is 61.1 Å². The number of benzene rings is 1. The monoisotopic (exact) mass is 493 g/mol. The largest absolute Gasteiger partial charge is 0.494 e. The number of alkyl halides is 3. The van der Waals surface area contributed by atoms with Crippen molar-refractivity contribution >= 4 is 17.7 Å². The summed E-state index contributed by atoms with van der Waals surface area (Å²) >= 11 is 0. The van der Waals surface area contributed by atoms with E-state index < -0.39 is 30.5 Å². The van der Waals surface area contributed by atoms with Crippen LogP contribution in [0.5, 0.6) is 5.75 Å². The summed E-state index contributed by atoms with van der Waals surface area (Å²) in [6, 6.07) is 10.9. The van der Waals surface area contributed by atoms with E-state index in [1.54, 1.807) is 18.3 Å². The van der Waals surface area contributed by atoms with Crippen LogP contribution in [-0.2, 0) is 22.6 Å².